The van der Waals surface area contributed by atoms with Crippen molar-refractivity contribution < 1.29 is 14.0 Å². The number of hydrogen-bond donors (Lipinski definition) is 0. The second-order valence-corrected chi connectivity index (χ2v) is 7.17. The first-order valence-corrected chi connectivity index (χ1v) is 8.98. The minimum Gasteiger partial charge on any atom is -0.445 e. The van der Waals surface area contributed by atoms with Gasteiger partial charge in [0.05, 0.1) is 0 Å². The fourth-order valence-corrected chi connectivity index (χ4v) is 3.33. The minimum absolute atomic E-state index is 0.0157. The molecule has 1 fully saturated rings. The molecular weight excluding hydrogens is 354 g/mol. The van der Waals surface area contributed by atoms with Gasteiger partial charge in [0.1, 0.15) is 5.76 Å². The second-order valence-electron chi connectivity index (χ2n) is 6.73. The predicted molar refractivity (Wildman–Crippen MR) is 98.6 cm³/mol. The van der Waals surface area contributed by atoms with E-state index in [9.17, 15) is 9.59 Å². The summed E-state index contributed by atoms with van der Waals surface area (Å²) in [5.74, 6) is 1.06. The van der Waals surface area contributed by atoms with Gasteiger partial charge >= 0.3 is 0 Å². The molecule has 138 valence electrons. The Bertz CT molecular complexity index is 823. The van der Waals surface area contributed by atoms with E-state index in [-0.39, 0.29) is 17.7 Å². The Morgan fingerprint density at radius 2 is 1.96 bits per heavy atom. The summed E-state index contributed by atoms with van der Waals surface area (Å²) in [6.07, 6.45) is 1.50. The van der Waals surface area contributed by atoms with Crippen molar-refractivity contribution in [2.75, 3.05) is 27.2 Å². The Labute approximate surface area is 157 Å². The second kappa shape index (κ2) is 7.50. The Morgan fingerprint density at radius 3 is 2.58 bits per heavy atom. The zero-order valence-corrected chi connectivity index (χ0v) is 15.9. The first-order chi connectivity index (χ1) is 12.4. The molecule has 0 bridgehead atoms. The van der Waals surface area contributed by atoms with Crippen molar-refractivity contribution in [1.29, 1.82) is 0 Å². The van der Waals surface area contributed by atoms with Gasteiger partial charge in [-0.2, -0.15) is 0 Å². The summed E-state index contributed by atoms with van der Waals surface area (Å²) >= 11 is 5.97. The molecular formula is C19H22ClN3O3. The van der Waals surface area contributed by atoms with Crippen molar-refractivity contribution in [3.8, 4) is 0 Å². The molecule has 1 saturated heterocycles. The van der Waals surface area contributed by atoms with Gasteiger partial charge in [-0.3, -0.25) is 9.59 Å². The molecule has 1 aliphatic rings. The smallest absolute Gasteiger partial charge is 0.275 e. The van der Waals surface area contributed by atoms with Crippen molar-refractivity contribution in [3.05, 3.63) is 52.2 Å². The van der Waals surface area contributed by atoms with Crippen molar-refractivity contribution >= 4 is 23.4 Å². The van der Waals surface area contributed by atoms with Gasteiger partial charge in [-0.15, -0.1) is 0 Å². The molecule has 0 radical (unpaired) electrons. The van der Waals surface area contributed by atoms with Crippen LogP contribution in [0, 0.1) is 6.92 Å². The van der Waals surface area contributed by atoms with Crippen LogP contribution in [0.1, 0.15) is 51.3 Å². The standard InChI is InChI=1S/C19H22ClN3O3/c1-12-16(19(25)22(2)3)21-17(26-12)13-7-9-23(10-8-13)18(24)14-5-4-6-15(20)11-14/h4-6,11,13H,7-10H2,1-3H3. The number of benzene rings is 1. The topological polar surface area (TPSA) is 66.7 Å². The summed E-state index contributed by atoms with van der Waals surface area (Å²) in [6.45, 7) is 2.99. The van der Waals surface area contributed by atoms with Crippen LogP contribution < -0.4 is 0 Å². The van der Waals surface area contributed by atoms with E-state index in [2.05, 4.69) is 4.98 Å². The van der Waals surface area contributed by atoms with Crippen molar-refractivity contribution in [2.45, 2.75) is 25.7 Å². The lowest BCUT2D eigenvalue weighted by Gasteiger charge is -2.30. The van der Waals surface area contributed by atoms with Crippen molar-refractivity contribution in [2.24, 2.45) is 0 Å². The highest BCUT2D eigenvalue weighted by Gasteiger charge is 2.29. The Hall–Kier alpha value is -2.34. The lowest BCUT2D eigenvalue weighted by Crippen LogP contribution is -2.38. The number of piperidine rings is 1. The predicted octanol–water partition coefficient (Wildman–Crippen LogP) is 3.36. The average molecular weight is 376 g/mol. The number of nitrogens with zero attached hydrogens (tertiary/aromatic N) is 3. The summed E-state index contributed by atoms with van der Waals surface area (Å²) in [6, 6.07) is 6.99. The molecule has 2 aromatic rings. The Morgan fingerprint density at radius 1 is 1.27 bits per heavy atom. The summed E-state index contributed by atoms with van der Waals surface area (Å²) in [4.78, 5) is 32.4. The van der Waals surface area contributed by atoms with Gasteiger partial charge in [-0.05, 0) is 38.0 Å². The van der Waals surface area contributed by atoms with Gasteiger partial charge in [-0.25, -0.2) is 4.98 Å². The molecule has 0 spiro atoms. The van der Waals surface area contributed by atoms with E-state index < -0.39 is 0 Å². The van der Waals surface area contributed by atoms with E-state index in [1.165, 1.54) is 4.90 Å². The van der Waals surface area contributed by atoms with Crippen LogP contribution >= 0.6 is 11.6 Å². The summed E-state index contributed by atoms with van der Waals surface area (Å²) in [7, 11) is 3.38. The fourth-order valence-electron chi connectivity index (χ4n) is 3.14. The molecule has 0 saturated carbocycles. The summed E-state index contributed by atoms with van der Waals surface area (Å²) in [5.41, 5.74) is 0.962. The lowest BCUT2D eigenvalue weighted by atomic mass is 9.96. The van der Waals surface area contributed by atoms with Crippen molar-refractivity contribution in [3.63, 3.8) is 0 Å². The maximum Gasteiger partial charge on any atom is 0.275 e. The maximum absolute atomic E-state index is 12.6. The first-order valence-electron chi connectivity index (χ1n) is 8.60. The molecule has 0 aliphatic carbocycles. The van der Waals surface area contributed by atoms with Gasteiger partial charge < -0.3 is 14.2 Å². The molecule has 2 amide bonds. The third kappa shape index (κ3) is 3.75. The van der Waals surface area contributed by atoms with E-state index in [4.69, 9.17) is 16.0 Å². The van der Waals surface area contributed by atoms with Gasteiger partial charge in [0, 0.05) is 43.7 Å². The molecule has 0 atom stereocenters. The summed E-state index contributed by atoms with van der Waals surface area (Å²) in [5, 5.41) is 0.555. The molecule has 1 aliphatic heterocycles. The Kier molecular flexibility index (Phi) is 5.32. The number of oxazole rings is 1. The molecule has 1 aromatic heterocycles. The number of rotatable bonds is 3. The van der Waals surface area contributed by atoms with Crippen LogP contribution in [0.5, 0.6) is 0 Å². The molecule has 0 unspecified atom stereocenters. The molecule has 2 heterocycles. The quantitative estimate of drug-likeness (QED) is 0.825. The zero-order chi connectivity index (χ0) is 18.8. The Balaban J connectivity index is 1.66. The maximum atomic E-state index is 12.6. The molecule has 26 heavy (non-hydrogen) atoms. The SMILES string of the molecule is Cc1oc(C2CCN(C(=O)c3cccc(Cl)c3)CC2)nc1C(=O)N(C)C. The average Bonchev–Trinajstić information content (AvgIpc) is 3.02. The molecule has 3 rings (SSSR count). The van der Waals surface area contributed by atoms with E-state index in [0.717, 1.165) is 12.8 Å². The van der Waals surface area contributed by atoms with E-state index >= 15 is 0 Å². The number of carbonyl (C=O) groups excluding carboxylic acids is 2. The minimum atomic E-state index is -0.161. The van der Waals surface area contributed by atoms with E-state index in [0.29, 0.717) is 41.0 Å². The number of likely N-dealkylation sites (tertiary alicyclic amines) is 1. The third-order valence-electron chi connectivity index (χ3n) is 4.62. The van der Waals surface area contributed by atoms with Crippen LogP contribution in [0.15, 0.2) is 28.7 Å². The van der Waals surface area contributed by atoms with Gasteiger partial charge in [0.25, 0.3) is 11.8 Å². The number of halogens is 1. The highest BCUT2D eigenvalue weighted by Crippen LogP contribution is 2.30. The highest BCUT2D eigenvalue weighted by atomic mass is 35.5. The third-order valence-corrected chi connectivity index (χ3v) is 4.86. The largest absolute Gasteiger partial charge is 0.445 e. The van der Waals surface area contributed by atoms with E-state index in [1.54, 1.807) is 45.3 Å². The lowest BCUT2D eigenvalue weighted by molar-refractivity contribution is 0.0706. The van der Waals surface area contributed by atoms with Gasteiger partial charge in [0.15, 0.2) is 11.6 Å². The van der Waals surface area contributed by atoms with E-state index in [1.807, 2.05) is 4.90 Å². The highest BCUT2D eigenvalue weighted by molar-refractivity contribution is 6.30. The van der Waals surface area contributed by atoms with Crippen LogP contribution in [-0.4, -0.2) is 53.8 Å². The fraction of sp³-hybridized carbons (Fsp3) is 0.421. The summed E-state index contributed by atoms with van der Waals surface area (Å²) < 4.78 is 5.74. The number of aromatic nitrogens is 1. The number of aryl methyl sites for hydroxylation is 1. The van der Waals surface area contributed by atoms with Gasteiger partial charge in [0.2, 0.25) is 0 Å². The molecule has 7 heteroatoms. The first kappa shape index (κ1) is 18.5. The van der Waals surface area contributed by atoms with Crippen LogP contribution in [-0.2, 0) is 0 Å². The zero-order valence-electron chi connectivity index (χ0n) is 15.2. The monoisotopic (exact) mass is 375 g/mol. The number of carbonyl (C=O) groups is 2. The molecule has 6 nitrogen and oxygen atoms in total. The van der Waals surface area contributed by atoms with Gasteiger partial charge in [-0.1, -0.05) is 17.7 Å². The normalized spacial score (nSPS) is 15.2. The number of hydrogen-bond acceptors (Lipinski definition) is 4. The molecule has 0 N–H and O–H groups in total. The number of amides is 2. The van der Waals surface area contributed by atoms with Crippen LogP contribution in [0.25, 0.3) is 0 Å². The molecule has 1 aromatic carbocycles. The van der Waals surface area contributed by atoms with Crippen LogP contribution in [0.3, 0.4) is 0 Å². The van der Waals surface area contributed by atoms with Crippen molar-refractivity contribution in [1.82, 2.24) is 14.8 Å². The van der Waals surface area contributed by atoms with Crippen LogP contribution in [0.2, 0.25) is 5.02 Å². The van der Waals surface area contributed by atoms with Crippen LogP contribution in [0.4, 0.5) is 0 Å².